The van der Waals surface area contributed by atoms with Crippen LogP contribution in [0.1, 0.15) is 10.4 Å². The number of guanidine groups is 1. The molecule has 24 heavy (non-hydrogen) atoms. The molecule has 1 amide bonds. The summed E-state index contributed by atoms with van der Waals surface area (Å²) in [4.78, 5) is 27.7. The molecule has 0 aliphatic carbocycles. The maximum Gasteiger partial charge on any atom is 0.282 e. The SMILES string of the molecule is NC(N)=NC(=O)c1cn(-c2ccnc3[nH]ccc23)c2ncccc12. The number of nitrogens with zero attached hydrogens (tertiary/aromatic N) is 4. The molecular weight excluding hydrogens is 306 g/mol. The van der Waals surface area contributed by atoms with Crippen molar-refractivity contribution in [3.8, 4) is 5.69 Å². The van der Waals surface area contributed by atoms with E-state index >= 15 is 0 Å². The number of fused-ring (bicyclic) bond motifs is 2. The summed E-state index contributed by atoms with van der Waals surface area (Å²) in [5.74, 6) is -0.784. The van der Waals surface area contributed by atoms with Gasteiger partial charge in [0.2, 0.25) is 0 Å². The average molecular weight is 319 g/mol. The standard InChI is InChI=1S/C16H13N7O/c17-16(18)22-15(24)11-8-23(14-9(11)2-1-5-21-14)12-4-7-20-13-10(12)3-6-19-13/h1-8H,(H,19,20)(H4,17,18,22,24). The number of nitrogens with two attached hydrogens (primary N) is 2. The Morgan fingerprint density at radius 3 is 2.83 bits per heavy atom. The Kier molecular flexibility index (Phi) is 3.02. The Labute approximate surface area is 135 Å². The van der Waals surface area contributed by atoms with Crippen LogP contribution in [-0.4, -0.2) is 31.4 Å². The number of pyridine rings is 2. The largest absolute Gasteiger partial charge is 0.370 e. The summed E-state index contributed by atoms with van der Waals surface area (Å²) in [6, 6.07) is 7.35. The molecule has 4 rings (SSSR count). The van der Waals surface area contributed by atoms with E-state index in [4.69, 9.17) is 11.5 Å². The van der Waals surface area contributed by atoms with Crippen molar-refractivity contribution in [2.45, 2.75) is 0 Å². The third-order valence-corrected chi connectivity index (χ3v) is 3.72. The highest BCUT2D eigenvalue weighted by atomic mass is 16.1. The van der Waals surface area contributed by atoms with Gasteiger partial charge in [0.1, 0.15) is 11.3 Å². The van der Waals surface area contributed by atoms with E-state index in [1.807, 2.05) is 29.0 Å². The van der Waals surface area contributed by atoms with Crippen LogP contribution in [0.4, 0.5) is 0 Å². The molecule has 0 unspecified atom stereocenters. The molecule has 0 aromatic carbocycles. The fraction of sp³-hybridized carbons (Fsp3) is 0. The van der Waals surface area contributed by atoms with Crippen molar-refractivity contribution in [1.29, 1.82) is 0 Å². The molecule has 0 saturated carbocycles. The average Bonchev–Trinajstić information content (AvgIpc) is 3.18. The molecule has 4 heterocycles. The number of H-pyrrole nitrogens is 1. The summed E-state index contributed by atoms with van der Waals surface area (Å²) < 4.78 is 1.84. The first-order chi connectivity index (χ1) is 11.6. The van der Waals surface area contributed by atoms with E-state index in [0.29, 0.717) is 16.6 Å². The van der Waals surface area contributed by atoms with Crippen LogP contribution in [0.2, 0.25) is 0 Å². The Bertz CT molecular complexity index is 1100. The van der Waals surface area contributed by atoms with Crippen molar-refractivity contribution in [3.63, 3.8) is 0 Å². The predicted molar refractivity (Wildman–Crippen MR) is 90.9 cm³/mol. The van der Waals surface area contributed by atoms with Gasteiger partial charge in [-0.3, -0.25) is 9.36 Å². The summed E-state index contributed by atoms with van der Waals surface area (Å²) in [5, 5.41) is 1.59. The van der Waals surface area contributed by atoms with Crippen LogP contribution in [0.15, 0.2) is 54.0 Å². The maximum atomic E-state index is 12.3. The molecule has 0 bridgehead atoms. The summed E-state index contributed by atoms with van der Waals surface area (Å²) in [6.07, 6.45) is 6.86. The molecule has 0 spiro atoms. The number of hydrogen-bond donors (Lipinski definition) is 3. The quantitative estimate of drug-likeness (QED) is 0.379. The van der Waals surface area contributed by atoms with Gasteiger partial charge < -0.3 is 16.5 Å². The first-order valence-electron chi connectivity index (χ1n) is 7.17. The van der Waals surface area contributed by atoms with Gasteiger partial charge in [0.15, 0.2) is 5.96 Å². The summed E-state index contributed by atoms with van der Waals surface area (Å²) >= 11 is 0. The van der Waals surface area contributed by atoms with E-state index in [-0.39, 0.29) is 5.96 Å². The molecule has 0 saturated heterocycles. The number of aromatic nitrogens is 4. The monoisotopic (exact) mass is 319 g/mol. The van der Waals surface area contributed by atoms with Gasteiger partial charge in [-0.15, -0.1) is 0 Å². The van der Waals surface area contributed by atoms with Crippen molar-refractivity contribution < 1.29 is 4.79 Å². The van der Waals surface area contributed by atoms with Gasteiger partial charge in [-0.2, -0.15) is 4.99 Å². The number of carbonyl (C=O) groups excluding carboxylic acids is 1. The summed E-state index contributed by atoms with van der Waals surface area (Å²) in [7, 11) is 0. The second-order valence-corrected chi connectivity index (χ2v) is 5.20. The molecule has 8 heteroatoms. The van der Waals surface area contributed by atoms with Gasteiger partial charge in [0, 0.05) is 35.6 Å². The lowest BCUT2D eigenvalue weighted by molar-refractivity contribution is 0.100. The van der Waals surface area contributed by atoms with Crippen LogP contribution in [0.5, 0.6) is 0 Å². The third-order valence-electron chi connectivity index (χ3n) is 3.72. The van der Waals surface area contributed by atoms with Crippen LogP contribution >= 0.6 is 0 Å². The second kappa shape index (κ2) is 5.20. The van der Waals surface area contributed by atoms with E-state index in [0.717, 1.165) is 16.7 Å². The number of rotatable bonds is 2. The topological polar surface area (TPSA) is 128 Å². The van der Waals surface area contributed by atoms with Crippen molar-refractivity contribution in [1.82, 2.24) is 19.5 Å². The minimum Gasteiger partial charge on any atom is -0.370 e. The minimum absolute atomic E-state index is 0.276. The first kappa shape index (κ1) is 13.9. The van der Waals surface area contributed by atoms with Gasteiger partial charge in [0.25, 0.3) is 5.91 Å². The van der Waals surface area contributed by atoms with E-state index in [1.54, 1.807) is 24.7 Å². The lowest BCUT2D eigenvalue weighted by Gasteiger charge is -2.05. The van der Waals surface area contributed by atoms with Crippen LogP contribution < -0.4 is 11.5 Å². The van der Waals surface area contributed by atoms with Crippen molar-refractivity contribution in [2.24, 2.45) is 16.5 Å². The highest BCUT2D eigenvalue weighted by Gasteiger charge is 2.17. The fourth-order valence-corrected chi connectivity index (χ4v) is 2.75. The van der Waals surface area contributed by atoms with Crippen molar-refractivity contribution >= 4 is 33.9 Å². The lowest BCUT2D eigenvalue weighted by atomic mass is 10.2. The lowest BCUT2D eigenvalue weighted by Crippen LogP contribution is -2.24. The fourth-order valence-electron chi connectivity index (χ4n) is 2.75. The maximum absolute atomic E-state index is 12.3. The molecule has 0 aliphatic rings. The Morgan fingerprint density at radius 2 is 2.00 bits per heavy atom. The highest BCUT2D eigenvalue weighted by molar-refractivity contribution is 6.10. The number of hydrogen-bond acceptors (Lipinski definition) is 3. The normalized spacial score (nSPS) is 11.0. The van der Waals surface area contributed by atoms with Crippen LogP contribution in [-0.2, 0) is 0 Å². The first-order valence-corrected chi connectivity index (χ1v) is 7.17. The number of aliphatic imine (C=N–C) groups is 1. The molecule has 0 atom stereocenters. The Hall–Kier alpha value is -3.68. The Balaban J connectivity index is 2.02. The van der Waals surface area contributed by atoms with E-state index in [9.17, 15) is 4.79 Å². The van der Waals surface area contributed by atoms with Gasteiger partial charge in [-0.1, -0.05) is 0 Å². The molecule has 4 aromatic heterocycles. The molecule has 5 N–H and O–H groups in total. The van der Waals surface area contributed by atoms with E-state index < -0.39 is 5.91 Å². The van der Waals surface area contributed by atoms with Gasteiger partial charge in [0.05, 0.1) is 11.3 Å². The molecule has 0 radical (unpaired) electrons. The van der Waals surface area contributed by atoms with E-state index in [1.165, 1.54) is 0 Å². The van der Waals surface area contributed by atoms with Crippen LogP contribution in [0.3, 0.4) is 0 Å². The minimum atomic E-state index is -0.508. The van der Waals surface area contributed by atoms with Crippen molar-refractivity contribution in [2.75, 3.05) is 0 Å². The summed E-state index contributed by atoms with van der Waals surface area (Å²) in [6.45, 7) is 0. The van der Waals surface area contributed by atoms with Gasteiger partial charge in [-0.05, 0) is 24.3 Å². The zero-order chi connectivity index (χ0) is 16.7. The third kappa shape index (κ3) is 2.09. The molecule has 0 aliphatic heterocycles. The zero-order valence-corrected chi connectivity index (χ0v) is 12.5. The molecule has 4 aromatic rings. The molecule has 8 nitrogen and oxygen atoms in total. The number of amides is 1. The summed E-state index contributed by atoms with van der Waals surface area (Å²) in [5.41, 5.74) is 13.3. The second-order valence-electron chi connectivity index (χ2n) is 5.20. The smallest absolute Gasteiger partial charge is 0.282 e. The molecule has 118 valence electrons. The Morgan fingerprint density at radius 1 is 1.12 bits per heavy atom. The van der Waals surface area contributed by atoms with Crippen LogP contribution in [0, 0.1) is 0 Å². The number of aromatic amines is 1. The predicted octanol–water partition coefficient (Wildman–Crippen LogP) is 1.32. The van der Waals surface area contributed by atoms with Gasteiger partial charge >= 0.3 is 0 Å². The number of nitrogens with one attached hydrogen (secondary N) is 1. The van der Waals surface area contributed by atoms with Crippen LogP contribution in [0.25, 0.3) is 27.8 Å². The van der Waals surface area contributed by atoms with E-state index in [2.05, 4.69) is 19.9 Å². The van der Waals surface area contributed by atoms with Crippen molar-refractivity contribution in [3.05, 3.63) is 54.6 Å². The van der Waals surface area contributed by atoms with Gasteiger partial charge in [-0.25, -0.2) is 9.97 Å². The zero-order valence-electron chi connectivity index (χ0n) is 12.5. The highest BCUT2D eigenvalue weighted by Crippen LogP contribution is 2.27. The molecule has 0 fully saturated rings. The molecular formula is C16H13N7O. The number of carbonyl (C=O) groups is 1.